The SMILES string of the molecule is NS(=O)(=O)c1cc(Cc2ccncc2)ccc1Cl. The van der Waals surface area contributed by atoms with Gasteiger partial charge < -0.3 is 0 Å². The lowest BCUT2D eigenvalue weighted by atomic mass is 10.1. The summed E-state index contributed by atoms with van der Waals surface area (Å²) in [4.78, 5) is 3.88. The maximum Gasteiger partial charge on any atom is 0.239 e. The number of nitrogens with two attached hydrogens (primary N) is 1. The molecule has 18 heavy (non-hydrogen) atoms. The van der Waals surface area contributed by atoms with Crippen LogP contribution in [0.1, 0.15) is 11.1 Å². The van der Waals surface area contributed by atoms with Crippen LogP contribution >= 0.6 is 11.6 Å². The minimum atomic E-state index is -3.79. The number of benzene rings is 1. The Balaban J connectivity index is 2.37. The van der Waals surface area contributed by atoms with Crippen molar-refractivity contribution in [3.8, 4) is 0 Å². The van der Waals surface area contributed by atoms with Crippen molar-refractivity contribution < 1.29 is 8.42 Å². The van der Waals surface area contributed by atoms with E-state index >= 15 is 0 Å². The zero-order chi connectivity index (χ0) is 13.2. The van der Waals surface area contributed by atoms with E-state index in [0.29, 0.717) is 6.42 Å². The van der Waals surface area contributed by atoms with E-state index in [0.717, 1.165) is 11.1 Å². The lowest BCUT2D eigenvalue weighted by molar-refractivity contribution is 0.597. The summed E-state index contributed by atoms with van der Waals surface area (Å²) in [6.07, 6.45) is 3.97. The zero-order valence-electron chi connectivity index (χ0n) is 9.38. The number of hydrogen-bond acceptors (Lipinski definition) is 3. The van der Waals surface area contributed by atoms with Gasteiger partial charge in [-0.05, 0) is 41.8 Å². The minimum Gasteiger partial charge on any atom is -0.265 e. The Morgan fingerprint density at radius 3 is 2.39 bits per heavy atom. The second kappa shape index (κ2) is 5.06. The first-order chi connectivity index (χ1) is 8.47. The maximum absolute atomic E-state index is 11.3. The molecule has 94 valence electrons. The van der Waals surface area contributed by atoms with E-state index < -0.39 is 10.0 Å². The number of aromatic nitrogens is 1. The molecule has 1 aromatic carbocycles. The Bertz CT molecular complexity index is 657. The van der Waals surface area contributed by atoms with Crippen LogP contribution in [0.15, 0.2) is 47.6 Å². The van der Waals surface area contributed by atoms with Crippen molar-refractivity contribution in [2.75, 3.05) is 0 Å². The van der Waals surface area contributed by atoms with Gasteiger partial charge >= 0.3 is 0 Å². The molecule has 6 heteroatoms. The molecule has 2 N–H and O–H groups in total. The lowest BCUT2D eigenvalue weighted by Crippen LogP contribution is -2.13. The first-order valence-corrected chi connectivity index (χ1v) is 7.09. The molecule has 0 unspecified atom stereocenters. The standard InChI is InChI=1S/C12H11ClN2O2S/c13-11-2-1-10(8-12(11)18(14,16)17)7-9-3-5-15-6-4-9/h1-6,8H,7H2,(H2,14,16,17). The molecule has 0 aliphatic heterocycles. The summed E-state index contributed by atoms with van der Waals surface area (Å²) in [7, 11) is -3.79. The number of hydrogen-bond donors (Lipinski definition) is 1. The van der Waals surface area contributed by atoms with Crippen molar-refractivity contribution in [2.24, 2.45) is 5.14 Å². The number of primary sulfonamides is 1. The topological polar surface area (TPSA) is 73.1 Å². The molecule has 2 aromatic rings. The summed E-state index contributed by atoms with van der Waals surface area (Å²) < 4.78 is 22.7. The second-order valence-electron chi connectivity index (χ2n) is 3.84. The highest BCUT2D eigenvalue weighted by Crippen LogP contribution is 2.22. The number of pyridine rings is 1. The van der Waals surface area contributed by atoms with Crippen molar-refractivity contribution in [1.82, 2.24) is 4.98 Å². The molecular formula is C12H11ClN2O2S. The summed E-state index contributed by atoms with van der Waals surface area (Å²) in [5.74, 6) is 0. The van der Waals surface area contributed by atoms with Crippen LogP contribution in [0, 0.1) is 0 Å². The average Bonchev–Trinajstić information content (AvgIpc) is 2.31. The van der Waals surface area contributed by atoms with E-state index in [1.807, 2.05) is 12.1 Å². The Labute approximate surface area is 110 Å². The van der Waals surface area contributed by atoms with Gasteiger partial charge in [-0.25, -0.2) is 13.6 Å². The third-order valence-corrected chi connectivity index (χ3v) is 3.85. The summed E-state index contributed by atoms with van der Waals surface area (Å²) in [5, 5.41) is 5.23. The Morgan fingerprint density at radius 2 is 1.78 bits per heavy atom. The monoisotopic (exact) mass is 282 g/mol. The van der Waals surface area contributed by atoms with Crippen LogP contribution in [0.5, 0.6) is 0 Å². The van der Waals surface area contributed by atoms with E-state index in [9.17, 15) is 8.42 Å². The molecule has 1 aromatic heterocycles. The molecule has 0 amide bonds. The van der Waals surface area contributed by atoms with Crippen LogP contribution in [-0.2, 0) is 16.4 Å². The van der Waals surface area contributed by atoms with Crippen LogP contribution in [0.2, 0.25) is 5.02 Å². The largest absolute Gasteiger partial charge is 0.265 e. The molecule has 0 atom stereocenters. The van der Waals surface area contributed by atoms with Crippen molar-refractivity contribution >= 4 is 21.6 Å². The molecule has 0 saturated heterocycles. The van der Waals surface area contributed by atoms with Gasteiger partial charge in [-0.2, -0.15) is 0 Å². The van der Waals surface area contributed by atoms with Crippen molar-refractivity contribution in [1.29, 1.82) is 0 Å². The number of halogens is 1. The van der Waals surface area contributed by atoms with Crippen LogP contribution < -0.4 is 5.14 Å². The van der Waals surface area contributed by atoms with Crippen LogP contribution in [-0.4, -0.2) is 13.4 Å². The van der Waals surface area contributed by atoms with Crippen LogP contribution in [0.3, 0.4) is 0 Å². The predicted molar refractivity (Wildman–Crippen MR) is 69.9 cm³/mol. The third kappa shape index (κ3) is 3.07. The van der Waals surface area contributed by atoms with Gasteiger partial charge in [0.2, 0.25) is 10.0 Å². The van der Waals surface area contributed by atoms with Gasteiger partial charge in [-0.15, -0.1) is 0 Å². The number of sulfonamides is 1. The summed E-state index contributed by atoms with van der Waals surface area (Å²) in [6.45, 7) is 0. The number of nitrogens with zero attached hydrogens (tertiary/aromatic N) is 1. The van der Waals surface area contributed by atoms with E-state index in [2.05, 4.69) is 4.98 Å². The third-order valence-electron chi connectivity index (χ3n) is 2.46. The highest BCUT2D eigenvalue weighted by Gasteiger charge is 2.13. The molecule has 2 rings (SSSR count). The predicted octanol–water partition coefficient (Wildman–Crippen LogP) is 1.97. The Kier molecular flexibility index (Phi) is 3.65. The first-order valence-electron chi connectivity index (χ1n) is 5.17. The fourth-order valence-electron chi connectivity index (χ4n) is 1.61. The molecule has 1 heterocycles. The first kappa shape index (κ1) is 13.0. The summed E-state index contributed by atoms with van der Waals surface area (Å²) >= 11 is 5.81. The lowest BCUT2D eigenvalue weighted by Gasteiger charge is -2.06. The van der Waals surface area contributed by atoms with Gasteiger partial charge in [-0.3, -0.25) is 4.98 Å². The molecular weight excluding hydrogens is 272 g/mol. The average molecular weight is 283 g/mol. The zero-order valence-corrected chi connectivity index (χ0v) is 10.9. The highest BCUT2D eigenvalue weighted by atomic mass is 35.5. The summed E-state index contributed by atoms with van der Waals surface area (Å²) in [6, 6.07) is 8.55. The molecule has 0 saturated carbocycles. The van der Waals surface area contributed by atoms with Gasteiger partial charge in [0.25, 0.3) is 0 Å². The molecule has 0 aliphatic carbocycles. The van der Waals surface area contributed by atoms with E-state index in [1.54, 1.807) is 18.5 Å². The smallest absolute Gasteiger partial charge is 0.239 e. The quantitative estimate of drug-likeness (QED) is 0.935. The maximum atomic E-state index is 11.3. The highest BCUT2D eigenvalue weighted by molar-refractivity contribution is 7.89. The van der Waals surface area contributed by atoms with Crippen molar-refractivity contribution in [3.05, 3.63) is 58.9 Å². The molecule has 0 bridgehead atoms. The fraction of sp³-hybridized carbons (Fsp3) is 0.0833. The molecule has 4 nitrogen and oxygen atoms in total. The Hall–Kier alpha value is -1.43. The normalized spacial score (nSPS) is 11.4. The minimum absolute atomic E-state index is 0.0456. The fourth-order valence-corrected chi connectivity index (χ4v) is 2.71. The van der Waals surface area contributed by atoms with Gasteiger partial charge in [0, 0.05) is 12.4 Å². The Morgan fingerprint density at radius 1 is 1.11 bits per heavy atom. The molecule has 0 radical (unpaired) electrons. The van der Waals surface area contributed by atoms with Crippen molar-refractivity contribution in [3.63, 3.8) is 0 Å². The molecule has 0 aliphatic rings. The molecule has 0 fully saturated rings. The van der Waals surface area contributed by atoms with Gasteiger partial charge in [-0.1, -0.05) is 17.7 Å². The van der Waals surface area contributed by atoms with Gasteiger partial charge in [0.05, 0.1) is 5.02 Å². The van der Waals surface area contributed by atoms with E-state index in [-0.39, 0.29) is 9.92 Å². The second-order valence-corrected chi connectivity index (χ2v) is 5.78. The van der Waals surface area contributed by atoms with Gasteiger partial charge in [0.1, 0.15) is 4.90 Å². The van der Waals surface area contributed by atoms with Gasteiger partial charge in [0.15, 0.2) is 0 Å². The van der Waals surface area contributed by atoms with E-state index in [1.165, 1.54) is 12.1 Å². The van der Waals surface area contributed by atoms with Crippen LogP contribution in [0.4, 0.5) is 0 Å². The van der Waals surface area contributed by atoms with E-state index in [4.69, 9.17) is 16.7 Å². The summed E-state index contributed by atoms with van der Waals surface area (Å²) in [5.41, 5.74) is 1.86. The van der Waals surface area contributed by atoms with Crippen molar-refractivity contribution in [2.45, 2.75) is 11.3 Å². The molecule has 0 spiro atoms. The van der Waals surface area contributed by atoms with Crippen LogP contribution in [0.25, 0.3) is 0 Å². The number of rotatable bonds is 3.